The molecule has 3 N–H and O–H groups in total. The standard InChI is InChI=1S/C30H37NO2.C4H8O2/c1-2-24-15-17-25(18-16-24)29(32)14-9-21-31-22-19-28(20-23-31)30(33,26-10-5-3-6-11-26)27-12-7-4-8-13-27;1-3(2)4(5)6/h3-8,10-13,15-18,28-29,32-33H,2,9,14,19-23H2,1H3;3H,1-2H3,(H,5,6). The molecule has 0 aromatic heterocycles. The van der Waals surface area contributed by atoms with Crippen molar-refractivity contribution in [1.29, 1.82) is 0 Å². The van der Waals surface area contributed by atoms with Crippen LogP contribution in [0.15, 0.2) is 84.9 Å². The van der Waals surface area contributed by atoms with E-state index in [1.807, 2.05) is 60.7 Å². The van der Waals surface area contributed by atoms with Crippen molar-refractivity contribution in [2.45, 2.75) is 64.6 Å². The highest BCUT2D eigenvalue weighted by Gasteiger charge is 2.41. The third-order valence-electron chi connectivity index (χ3n) is 7.82. The van der Waals surface area contributed by atoms with E-state index in [4.69, 9.17) is 5.11 Å². The fourth-order valence-electron chi connectivity index (χ4n) is 5.25. The summed E-state index contributed by atoms with van der Waals surface area (Å²) in [6.45, 7) is 8.38. The number of aliphatic hydroxyl groups excluding tert-OH is 1. The van der Waals surface area contributed by atoms with Gasteiger partial charge in [-0.15, -0.1) is 0 Å². The first-order valence-electron chi connectivity index (χ1n) is 14.3. The highest BCUT2D eigenvalue weighted by Crippen LogP contribution is 2.41. The molecule has 1 aliphatic rings. The molecule has 0 aliphatic carbocycles. The van der Waals surface area contributed by atoms with Crippen molar-refractivity contribution < 1.29 is 20.1 Å². The zero-order chi connectivity index (χ0) is 28.3. The van der Waals surface area contributed by atoms with Crippen molar-refractivity contribution in [3.05, 3.63) is 107 Å². The van der Waals surface area contributed by atoms with Gasteiger partial charge in [-0.1, -0.05) is 106 Å². The first-order chi connectivity index (χ1) is 18.8. The maximum Gasteiger partial charge on any atom is 0.305 e. The molecule has 3 aromatic rings. The van der Waals surface area contributed by atoms with Gasteiger partial charge in [0.25, 0.3) is 0 Å². The molecule has 0 saturated carbocycles. The zero-order valence-corrected chi connectivity index (χ0v) is 23.7. The number of nitrogens with zero attached hydrogens (tertiary/aromatic N) is 1. The van der Waals surface area contributed by atoms with Gasteiger partial charge in [-0.3, -0.25) is 4.79 Å². The van der Waals surface area contributed by atoms with Crippen molar-refractivity contribution >= 4 is 5.97 Å². The molecule has 1 atom stereocenters. The molecule has 1 saturated heterocycles. The number of carboxylic acid groups (broad SMARTS) is 1. The van der Waals surface area contributed by atoms with Crippen LogP contribution in [0.3, 0.4) is 0 Å². The van der Waals surface area contributed by atoms with Crippen LogP contribution < -0.4 is 0 Å². The number of benzene rings is 3. The Morgan fingerprint density at radius 2 is 1.38 bits per heavy atom. The summed E-state index contributed by atoms with van der Waals surface area (Å²) >= 11 is 0. The second-order valence-electron chi connectivity index (χ2n) is 10.9. The summed E-state index contributed by atoms with van der Waals surface area (Å²) < 4.78 is 0. The Bertz CT molecular complexity index is 1070. The minimum atomic E-state index is -0.963. The molecule has 39 heavy (non-hydrogen) atoms. The van der Waals surface area contributed by atoms with Gasteiger partial charge < -0.3 is 20.2 Å². The molecule has 1 unspecified atom stereocenters. The number of rotatable bonds is 10. The largest absolute Gasteiger partial charge is 0.481 e. The highest BCUT2D eigenvalue weighted by atomic mass is 16.4. The number of piperidine rings is 1. The van der Waals surface area contributed by atoms with E-state index < -0.39 is 17.7 Å². The van der Waals surface area contributed by atoms with E-state index in [-0.39, 0.29) is 11.8 Å². The number of hydrogen-bond acceptors (Lipinski definition) is 4. The number of aliphatic carboxylic acids is 1. The molecular formula is C34H45NO4. The molecule has 0 radical (unpaired) electrons. The molecule has 5 heteroatoms. The van der Waals surface area contributed by atoms with E-state index in [2.05, 4.69) is 36.1 Å². The first-order valence-corrected chi connectivity index (χ1v) is 14.3. The molecule has 3 aromatic carbocycles. The SMILES string of the molecule is CC(C)C(=O)O.CCc1ccc(C(O)CCCN2CCC(C(O)(c3ccccc3)c3ccccc3)CC2)cc1. The summed E-state index contributed by atoms with van der Waals surface area (Å²) in [6, 6.07) is 28.6. The molecule has 1 fully saturated rings. The lowest BCUT2D eigenvalue weighted by Crippen LogP contribution is -2.44. The minimum absolute atomic E-state index is 0.182. The van der Waals surface area contributed by atoms with Crippen LogP contribution in [0, 0.1) is 11.8 Å². The third kappa shape index (κ3) is 8.50. The van der Waals surface area contributed by atoms with Crippen LogP contribution in [0.2, 0.25) is 0 Å². The minimum Gasteiger partial charge on any atom is -0.481 e. The van der Waals surface area contributed by atoms with Crippen molar-refractivity contribution in [2.75, 3.05) is 19.6 Å². The van der Waals surface area contributed by atoms with Gasteiger partial charge in [0.2, 0.25) is 0 Å². The quantitative estimate of drug-likeness (QED) is 0.281. The summed E-state index contributed by atoms with van der Waals surface area (Å²) in [5, 5.41) is 30.6. The van der Waals surface area contributed by atoms with Crippen molar-refractivity contribution in [2.24, 2.45) is 11.8 Å². The molecule has 5 nitrogen and oxygen atoms in total. The van der Waals surface area contributed by atoms with Crippen LogP contribution in [0.25, 0.3) is 0 Å². The maximum absolute atomic E-state index is 12.0. The Kier molecular flexibility index (Phi) is 11.7. The lowest BCUT2D eigenvalue weighted by Gasteiger charge is -2.42. The third-order valence-corrected chi connectivity index (χ3v) is 7.82. The van der Waals surface area contributed by atoms with Crippen LogP contribution >= 0.6 is 0 Å². The van der Waals surface area contributed by atoms with E-state index >= 15 is 0 Å². The number of hydrogen-bond donors (Lipinski definition) is 3. The van der Waals surface area contributed by atoms with Crippen LogP contribution in [0.1, 0.15) is 74.8 Å². The lowest BCUT2D eigenvalue weighted by atomic mass is 9.72. The summed E-state index contributed by atoms with van der Waals surface area (Å²) in [5.74, 6) is -0.791. The van der Waals surface area contributed by atoms with Crippen LogP contribution in [-0.2, 0) is 16.8 Å². The predicted octanol–water partition coefficient (Wildman–Crippen LogP) is 6.44. The Labute approximate surface area is 234 Å². The van der Waals surface area contributed by atoms with Gasteiger partial charge in [0, 0.05) is 0 Å². The topological polar surface area (TPSA) is 81.0 Å². The van der Waals surface area contributed by atoms with Gasteiger partial charge in [0.05, 0.1) is 12.0 Å². The molecule has 0 bridgehead atoms. The van der Waals surface area contributed by atoms with E-state index in [1.165, 1.54) is 5.56 Å². The summed E-state index contributed by atoms with van der Waals surface area (Å²) in [6.07, 6.45) is 4.31. The fourth-order valence-corrected chi connectivity index (χ4v) is 5.25. The number of likely N-dealkylation sites (tertiary alicyclic amines) is 1. The monoisotopic (exact) mass is 531 g/mol. The van der Waals surface area contributed by atoms with Crippen LogP contribution in [0.4, 0.5) is 0 Å². The predicted molar refractivity (Wildman–Crippen MR) is 158 cm³/mol. The van der Waals surface area contributed by atoms with Crippen molar-refractivity contribution in [3.63, 3.8) is 0 Å². The molecule has 0 amide bonds. The second kappa shape index (κ2) is 15.0. The van der Waals surface area contributed by atoms with Crippen LogP contribution in [-0.4, -0.2) is 45.8 Å². The van der Waals surface area contributed by atoms with E-state index in [0.29, 0.717) is 0 Å². The Balaban J connectivity index is 0.000000631. The molecule has 210 valence electrons. The number of aliphatic hydroxyl groups is 2. The summed E-state index contributed by atoms with van der Waals surface area (Å²) in [7, 11) is 0. The first kappa shape index (κ1) is 30.6. The maximum atomic E-state index is 12.0. The van der Waals surface area contributed by atoms with Crippen molar-refractivity contribution in [1.82, 2.24) is 4.90 Å². The van der Waals surface area contributed by atoms with Gasteiger partial charge in [-0.25, -0.2) is 0 Å². The van der Waals surface area contributed by atoms with E-state index in [0.717, 1.165) is 68.4 Å². The number of carboxylic acids is 1. The summed E-state index contributed by atoms with van der Waals surface area (Å²) in [5.41, 5.74) is 3.32. The molecule has 4 rings (SSSR count). The van der Waals surface area contributed by atoms with Gasteiger partial charge >= 0.3 is 5.97 Å². The van der Waals surface area contributed by atoms with Gasteiger partial charge in [-0.2, -0.15) is 0 Å². The van der Waals surface area contributed by atoms with Crippen LogP contribution in [0.5, 0.6) is 0 Å². The molecule has 0 spiro atoms. The fraction of sp³-hybridized carbons (Fsp3) is 0.441. The smallest absolute Gasteiger partial charge is 0.305 e. The van der Waals surface area contributed by atoms with Gasteiger partial charge in [0.15, 0.2) is 0 Å². The Morgan fingerprint density at radius 3 is 1.82 bits per heavy atom. The number of aryl methyl sites for hydroxylation is 1. The van der Waals surface area contributed by atoms with E-state index in [9.17, 15) is 15.0 Å². The normalized spacial score (nSPS) is 15.4. The molecule has 1 aliphatic heterocycles. The Morgan fingerprint density at radius 1 is 0.897 bits per heavy atom. The van der Waals surface area contributed by atoms with Crippen molar-refractivity contribution in [3.8, 4) is 0 Å². The zero-order valence-electron chi connectivity index (χ0n) is 23.7. The second-order valence-corrected chi connectivity index (χ2v) is 10.9. The lowest BCUT2D eigenvalue weighted by molar-refractivity contribution is -0.140. The Hall–Kier alpha value is -2.99. The summed E-state index contributed by atoms with van der Waals surface area (Å²) in [4.78, 5) is 12.2. The molecular weight excluding hydrogens is 486 g/mol. The number of carbonyl (C=O) groups is 1. The van der Waals surface area contributed by atoms with Gasteiger partial charge in [-0.05, 0) is 79.9 Å². The average molecular weight is 532 g/mol. The van der Waals surface area contributed by atoms with Gasteiger partial charge in [0.1, 0.15) is 5.60 Å². The van der Waals surface area contributed by atoms with E-state index in [1.54, 1.807) is 13.8 Å². The average Bonchev–Trinajstić information content (AvgIpc) is 2.98. The molecule has 1 heterocycles. The highest BCUT2D eigenvalue weighted by molar-refractivity contribution is 5.68.